The number of carbonyl (C=O) groups excluding carboxylic acids is 1. The van der Waals surface area contributed by atoms with Crippen LogP contribution in [0.3, 0.4) is 0 Å². The minimum atomic E-state index is -2.83. The number of alkyl halides is 2. The topological polar surface area (TPSA) is 35.5 Å². The first-order valence-corrected chi connectivity index (χ1v) is 12.4. The maximum Gasteiger partial charge on any atom is 0.387 e. The minimum Gasteiger partial charge on any atom is -0.435 e. The zero-order valence-electron chi connectivity index (χ0n) is 19.6. The molecule has 0 heterocycles. The summed E-state index contributed by atoms with van der Waals surface area (Å²) in [5.74, 6) is 1.29. The maximum atomic E-state index is 12.6. The first-order valence-electron chi connectivity index (χ1n) is 12.4. The number of ether oxygens (including phenoxy) is 2. The van der Waals surface area contributed by atoms with Gasteiger partial charge in [-0.1, -0.05) is 76.1 Å². The zero-order valence-corrected chi connectivity index (χ0v) is 19.6. The SMILES string of the molecule is CCCCCCCC[C@H]1CC[C@H](C(=O)Oc2ccc(-c3ccc(OC(F)F)cc3)cc2)CC1. The number of benzene rings is 2. The second-order valence-electron chi connectivity index (χ2n) is 9.12. The van der Waals surface area contributed by atoms with Gasteiger partial charge in [-0.2, -0.15) is 8.78 Å². The van der Waals surface area contributed by atoms with Crippen LogP contribution in [0.2, 0.25) is 0 Å². The van der Waals surface area contributed by atoms with Crippen LogP contribution in [0.5, 0.6) is 11.5 Å². The van der Waals surface area contributed by atoms with Gasteiger partial charge < -0.3 is 9.47 Å². The molecule has 0 aliphatic heterocycles. The predicted molar refractivity (Wildman–Crippen MR) is 128 cm³/mol. The highest BCUT2D eigenvalue weighted by molar-refractivity contribution is 5.75. The molecule has 0 radical (unpaired) electrons. The number of hydrogen-bond donors (Lipinski definition) is 0. The lowest BCUT2D eigenvalue weighted by Crippen LogP contribution is -2.25. The molecule has 2 aromatic carbocycles. The van der Waals surface area contributed by atoms with Gasteiger partial charge in [-0.3, -0.25) is 4.79 Å². The Balaban J connectivity index is 1.40. The van der Waals surface area contributed by atoms with Crippen LogP contribution in [-0.2, 0) is 4.79 Å². The number of esters is 1. The summed E-state index contributed by atoms with van der Waals surface area (Å²) in [6.07, 6.45) is 13.4. The van der Waals surface area contributed by atoms with Crippen molar-refractivity contribution in [1.29, 1.82) is 0 Å². The van der Waals surface area contributed by atoms with Crippen LogP contribution in [0.4, 0.5) is 8.78 Å². The Hall–Kier alpha value is -2.43. The van der Waals surface area contributed by atoms with Crippen LogP contribution in [0.1, 0.15) is 77.6 Å². The summed E-state index contributed by atoms with van der Waals surface area (Å²) >= 11 is 0. The van der Waals surface area contributed by atoms with E-state index in [2.05, 4.69) is 11.7 Å². The molecular weight excluding hydrogens is 422 g/mol. The summed E-state index contributed by atoms with van der Waals surface area (Å²) in [5.41, 5.74) is 1.78. The van der Waals surface area contributed by atoms with Gasteiger partial charge in [-0.15, -0.1) is 0 Å². The van der Waals surface area contributed by atoms with Crippen molar-refractivity contribution in [2.45, 2.75) is 84.2 Å². The third-order valence-corrected chi connectivity index (χ3v) is 6.63. The largest absolute Gasteiger partial charge is 0.435 e. The van der Waals surface area contributed by atoms with Gasteiger partial charge in [-0.05, 0) is 67.0 Å². The summed E-state index contributed by atoms with van der Waals surface area (Å²) in [7, 11) is 0. The quantitative estimate of drug-likeness (QED) is 0.182. The Labute approximate surface area is 196 Å². The van der Waals surface area contributed by atoms with Crippen LogP contribution < -0.4 is 9.47 Å². The Morgan fingerprint density at radius 1 is 0.818 bits per heavy atom. The summed E-state index contributed by atoms with van der Waals surface area (Å²) in [5, 5.41) is 0. The fourth-order valence-electron chi connectivity index (χ4n) is 4.64. The van der Waals surface area contributed by atoms with Crippen LogP contribution in [0, 0.1) is 11.8 Å². The van der Waals surface area contributed by atoms with Gasteiger partial charge in [-0.25, -0.2) is 0 Å². The third-order valence-electron chi connectivity index (χ3n) is 6.63. The van der Waals surface area contributed by atoms with E-state index in [0.29, 0.717) is 5.75 Å². The maximum absolute atomic E-state index is 12.6. The monoisotopic (exact) mass is 458 g/mol. The highest BCUT2D eigenvalue weighted by Crippen LogP contribution is 2.33. The first kappa shape index (κ1) is 25.2. The van der Waals surface area contributed by atoms with E-state index in [4.69, 9.17) is 4.74 Å². The second-order valence-corrected chi connectivity index (χ2v) is 9.12. The van der Waals surface area contributed by atoms with Crippen molar-refractivity contribution >= 4 is 5.97 Å². The van der Waals surface area contributed by atoms with E-state index in [1.165, 1.54) is 57.1 Å². The summed E-state index contributed by atoms with van der Waals surface area (Å²) in [6.45, 7) is -0.586. The van der Waals surface area contributed by atoms with Crippen LogP contribution in [-0.4, -0.2) is 12.6 Å². The van der Waals surface area contributed by atoms with Gasteiger partial charge in [0.25, 0.3) is 0 Å². The fraction of sp³-hybridized carbons (Fsp3) is 0.536. The van der Waals surface area contributed by atoms with E-state index in [0.717, 1.165) is 42.7 Å². The van der Waals surface area contributed by atoms with E-state index < -0.39 is 6.61 Å². The van der Waals surface area contributed by atoms with E-state index in [1.54, 1.807) is 24.3 Å². The number of hydrogen-bond acceptors (Lipinski definition) is 3. The molecule has 0 aromatic heterocycles. The molecule has 0 bridgehead atoms. The zero-order chi connectivity index (χ0) is 23.5. The second kappa shape index (κ2) is 13.3. The van der Waals surface area contributed by atoms with Gasteiger partial charge in [0.15, 0.2) is 0 Å². The highest BCUT2D eigenvalue weighted by Gasteiger charge is 2.27. The summed E-state index contributed by atoms with van der Waals surface area (Å²) in [6, 6.07) is 13.8. The van der Waals surface area contributed by atoms with Gasteiger partial charge >= 0.3 is 12.6 Å². The first-order chi connectivity index (χ1) is 16.0. The van der Waals surface area contributed by atoms with E-state index >= 15 is 0 Å². The third kappa shape index (κ3) is 8.45. The van der Waals surface area contributed by atoms with Gasteiger partial charge in [0.05, 0.1) is 5.92 Å². The molecular formula is C28H36F2O3. The van der Waals surface area contributed by atoms with E-state index in [9.17, 15) is 13.6 Å². The molecule has 0 spiro atoms. The molecule has 1 aliphatic carbocycles. The smallest absolute Gasteiger partial charge is 0.387 e. The molecule has 33 heavy (non-hydrogen) atoms. The van der Waals surface area contributed by atoms with Gasteiger partial charge in [0, 0.05) is 0 Å². The molecule has 0 unspecified atom stereocenters. The molecule has 0 atom stereocenters. The van der Waals surface area contributed by atoms with Crippen LogP contribution in [0.25, 0.3) is 11.1 Å². The van der Waals surface area contributed by atoms with E-state index in [1.807, 2.05) is 12.1 Å². The standard InChI is InChI=1S/C28H36F2O3/c1-2-3-4-5-6-7-8-21-9-11-24(12-10-21)27(31)32-25-17-13-22(14-18-25)23-15-19-26(20-16-23)33-28(29)30/h13-21,24,28H,2-12H2,1H3/t21-,24-. The molecule has 0 N–H and O–H groups in total. The minimum absolute atomic E-state index is 0.00661. The molecule has 5 heteroatoms. The van der Waals surface area contributed by atoms with Crippen molar-refractivity contribution in [3.05, 3.63) is 48.5 Å². The molecule has 1 saturated carbocycles. The molecule has 0 amide bonds. The fourth-order valence-corrected chi connectivity index (χ4v) is 4.64. The van der Waals surface area contributed by atoms with Crippen molar-refractivity contribution in [3.63, 3.8) is 0 Å². The van der Waals surface area contributed by atoms with Crippen molar-refractivity contribution in [2.24, 2.45) is 11.8 Å². The lowest BCUT2D eigenvalue weighted by atomic mass is 9.80. The molecule has 180 valence electrons. The molecule has 0 saturated heterocycles. The summed E-state index contributed by atoms with van der Waals surface area (Å²) in [4.78, 5) is 12.6. The van der Waals surface area contributed by atoms with E-state index in [-0.39, 0.29) is 17.6 Å². The molecule has 3 nitrogen and oxygen atoms in total. The number of halogens is 2. The van der Waals surface area contributed by atoms with Crippen LogP contribution in [0.15, 0.2) is 48.5 Å². The molecule has 1 fully saturated rings. The predicted octanol–water partition coefficient (Wildman–Crippen LogP) is 8.42. The lowest BCUT2D eigenvalue weighted by Gasteiger charge is -2.27. The van der Waals surface area contributed by atoms with Crippen molar-refractivity contribution in [3.8, 4) is 22.6 Å². The van der Waals surface area contributed by atoms with Gasteiger partial charge in [0.1, 0.15) is 11.5 Å². The molecule has 1 aliphatic rings. The highest BCUT2D eigenvalue weighted by atomic mass is 19.3. The van der Waals surface area contributed by atoms with Crippen molar-refractivity contribution < 1.29 is 23.0 Å². The average molecular weight is 459 g/mol. The lowest BCUT2D eigenvalue weighted by molar-refractivity contribution is -0.140. The number of rotatable bonds is 12. The molecule has 3 rings (SSSR count). The van der Waals surface area contributed by atoms with Crippen molar-refractivity contribution in [2.75, 3.05) is 0 Å². The Morgan fingerprint density at radius 2 is 1.36 bits per heavy atom. The van der Waals surface area contributed by atoms with Crippen LogP contribution >= 0.6 is 0 Å². The average Bonchev–Trinajstić information content (AvgIpc) is 2.82. The Bertz CT molecular complexity index is 825. The Kier molecular flexibility index (Phi) is 10.2. The van der Waals surface area contributed by atoms with Crippen molar-refractivity contribution in [1.82, 2.24) is 0 Å². The van der Waals surface area contributed by atoms with Gasteiger partial charge in [0.2, 0.25) is 0 Å². The Morgan fingerprint density at radius 3 is 1.94 bits per heavy atom. The normalized spacial score (nSPS) is 18.3. The number of unbranched alkanes of at least 4 members (excludes halogenated alkanes) is 5. The molecule has 2 aromatic rings. The summed E-state index contributed by atoms with van der Waals surface area (Å²) < 4.78 is 34.6. The number of carbonyl (C=O) groups is 1.